The summed E-state index contributed by atoms with van der Waals surface area (Å²) in [5.74, 6) is 2.57. The lowest BCUT2D eigenvalue weighted by molar-refractivity contribution is 0.0954. The maximum atomic E-state index is 11.7. The largest absolute Gasteiger partial charge is 0.351 e. The van der Waals surface area contributed by atoms with Crippen molar-refractivity contribution in [2.75, 3.05) is 19.6 Å². The minimum Gasteiger partial charge on any atom is -0.351 e. The minimum atomic E-state index is -0.0274. The van der Waals surface area contributed by atoms with Crippen LogP contribution >= 0.6 is 0 Å². The lowest BCUT2D eigenvalue weighted by Crippen LogP contribution is -2.32. The average molecular weight is 244 g/mol. The highest BCUT2D eigenvalue weighted by molar-refractivity contribution is 5.94. The van der Waals surface area contributed by atoms with Gasteiger partial charge in [0.25, 0.3) is 5.91 Å². The third kappa shape index (κ3) is 5.51. The molecule has 0 heterocycles. The Morgan fingerprint density at radius 1 is 1.22 bits per heavy atom. The molecule has 2 N–H and O–H groups in total. The summed E-state index contributed by atoms with van der Waals surface area (Å²) in [6.07, 6.45) is 6.92. The van der Waals surface area contributed by atoms with Crippen molar-refractivity contribution >= 4 is 5.91 Å². The molecular formula is C15H20N2O. The summed E-state index contributed by atoms with van der Waals surface area (Å²) in [4.78, 5) is 11.7. The van der Waals surface area contributed by atoms with Crippen LogP contribution in [0.2, 0.25) is 0 Å². The highest BCUT2D eigenvalue weighted by Crippen LogP contribution is 2.02. The first kappa shape index (κ1) is 14.3. The number of amides is 1. The van der Waals surface area contributed by atoms with E-state index in [1.54, 1.807) is 0 Å². The molecule has 3 nitrogen and oxygen atoms in total. The summed E-state index contributed by atoms with van der Waals surface area (Å²) < 4.78 is 0. The van der Waals surface area contributed by atoms with Crippen LogP contribution in [0.5, 0.6) is 0 Å². The Kier molecular flexibility index (Phi) is 6.60. The number of carbonyl (C=O) groups excluding carboxylic acids is 1. The van der Waals surface area contributed by atoms with Crippen LogP contribution in [0, 0.1) is 19.3 Å². The molecule has 1 rings (SSSR count). The van der Waals surface area contributed by atoms with Gasteiger partial charge in [-0.2, -0.15) is 0 Å². The van der Waals surface area contributed by atoms with Crippen molar-refractivity contribution < 1.29 is 4.79 Å². The first-order valence-electron chi connectivity index (χ1n) is 6.23. The molecule has 0 aliphatic rings. The van der Waals surface area contributed by atoms with Gasteiger partial charge >= 0.3 is 0 Å². The molecule has 0 spiro atoms. The van der Waals surface area contributed by atoms with Crippen molar-refractivity contribution in [3.05, 3.63) is 35.4 Å². The molecule has 1 aromatic rings. The summed E-state index contributed by atoms with van der Waals surface area (Å²) in [5, 5.41) is 6.09. The van der Waals surface area contributed by atoms with Crippen LogP contribution in [-0.4, -0.2) is 25.5 Å². The molecular weight excluding hydrogens is 224 g/mol. The second kappa shape index (κ2) is 8.32. The van der Waals surface area contributed by atoms with E-state index < -0.39 is 0 Å². The Morgan fingerprint density at radius 3 is 2.61 bits per heavy atom. The SMILES string of the molecule is C#CCCCNCCNC(=O)c1ccc(C)cc1. The number of hydrogen-bond donors (Lipinski definition) is 2. The number of terminal acetylenes is 1. The molecule has 96 valence electrons. The maximum Gasteiger partial charge on any atom is 0.251 e. The lowest BCUT2D eigenvalue weighted by atomic mass is 10.1. The third-order valence-electron chi connectivity index (χ3n) is 2.58. The standard InChI is InChI=1S/C15H20N2O/c1-3-4-5-10-16-11-12-17-15(18)14-8-6-13(2)7-9-14/h1,6-9,16H,4-5,10-12H2,2H3,(H,17,18). The van der Waals surface area contributed by atoms with Gasteiger partial charge in [-0.3, -0.25) is 4.79 Å². The molecule has 0 bridgehead atoms. The van der Waals surface area contributed by atoms with Gasteiger partial charge in [-0.15, -0.1) is 12.3 Å². The first-order valence-corrected chi connectivity index (χ1v) is 6.23. The van der Waals surface area contributed by atoms with Gasteiger partial charge in [-0.05, 0) is 32.0 Å². The van der Waals surface area contributed by atoms with Crippen LogP contribution in [0.25, 0.3) is 0 Å². The quantitative estimate of drug-likeness (QED) is 0.566. The molecule has 0 saturated heterocycles. The fourth-order valence-electron chi connectivity index (χ4n) is 1.51. The van der Waals surface area contributed by atoms with Gasteiger partial charge in [0.05, 0.1) is 0 Å². The van der Waals surface area contributed by atoms with Crippen LogP contribution < -0.4 is 10.6 Å². The van der Waals surface area contributed by atoms with Crippen LogP contribution in [0.4, 0.5) is 0 Å². The van der Waals surface area contributed by atoms with Gasteiger partial charge < -0.3 is 10.6 Å². The number of nitrogens with one attached hydrogen (secondary N) is 2. The van der Waals surface area contributed by atoms with Crippen LogP contribution in [0.15, 0.2) is 24.3 Å². The van der Waals surface area contributed by atoms with Gasteiger partial charge in [0.1, 0.15) is 0 Å². The number of hydrogen-bond acceptors (Lipinski definition) is 2. The van der Waals surface area contributed by atoms with Gasteiger partial charge in [0.2, 0.25) is 0 Å². The Morgan fingerprint density at radius 2 is 1.94 bits per heavy atom. The van der Waals surface area contributed by atoms with Crippen molar-refractivity contribution in [3.8, 4) is 12.3 Å². The van der Waals surface area contributed by atoms with E-state index in [1.807, 2.05) is 31.2 Å². The second-order valence-corrected chi connectivity index (χ2v) is 4.18. The van der Waals surface area contributed by atoms with Crippen molar-refractivity contribution in [2.45, 2.75) is 19.8 Å². The third-order valence-corrected chi connectivity index (χ3v) is 2.58. The van der Waals surface area contributed by atoms with E-state index in [2.05, 4.69) is 16.6 Å². The number of carbonyl (C=O) groups is 1. The Bertz CT molecular complexity index is 403. The smallest absolute Gasteiger partial charge is 0.251 e. The molecule has 0 radical (unpaired) electrons. The van der Waals surface area contributed by atoms with E-state index in [4.69, 9.17) is 6.42 Å². The highest BCUT2D eigenvalue weighted by atomic mass is 16.1. The van der Waals surface area contributed by atoms with E-state index >= 15 is 0 Å². The Labute approximate surface area is 109 Å². The summed E-state index contributed by atoms with van der Waals surface area (Å²) in [6.45, 7) is 4.29. The van der Waals surface area contributed by atoms with Crippen molar-refractivity contribution in [3.63, 3.8) is 0 Å². The Balaban J connectivity index is 2.14. The zero-order valence-corrected chi connectivity index (χ0v) is 10.8. The lowest BCUT2D eigenvalue weighted by Gasteiger charge is -2.06. The molecule has 3 heteroatoms. The van der Waals surface area contributed by atoms with E-state index in [9.17, 15) is 4.79 Å². The molecule has 1 amide bonds. The fraction of sp³-hybridized carbons (Fsp3) is 0.400. The number of unbranched alkanes of at least 4 members (excludes halogenated alkanes) is 1. The molecule has 0 fully saturated rings. The molecule has 0 saturated carbocycles. The summed E-state index contributed by atoms with van der Waals surface area (Å²) in [7, 11) is 0. The molecule has 1 aromatic carbocycles. The summed E-state index contributed by atoms with van der Waals surface area (Å²) in [5.41, 5.74) is 1.86. The molecule has 0 aromatic heterocycles. The normalized spacial score (nSPS) is 9.78. The van der Waals surface area contributed by atoms with Crippen LogP contribution in [-0.2, 0) is 0 Å². The van der Waals surface area contributed by atoms with Crippen molar-refractivity contribution in [1.82, 2.24) is 10.6 Å². The van der Waals surface area contributed by atoms with Gasteiger partial charge in [-0.25, -0.2) is 0 Å². The topological polar surface area (TPSA) is 41.1 Å². The monoisotopic (exact) mass is 244 g/mol. The van der Waals surface area contributed by atoms with Gasteiger partial charge in [0, 0.05) is 25.1 Å². The first-order chi connectivity index (χ1) is 8.74. The number of aryl methyl sites for hydroxylation is 1. The predicted molar refractivity (Wildman–Crippen MR) is 74.4 cm³/mol. The molecule has 0 aliphatic heterocycles. The molecule has 0 unspecified atom stereocenters. The summed E-state index contributed by atoms with van der Waals surface area (Å²) in [6, 6.07) is 7.55. The van der Waals surface area contributed by atoms with Crippen LogP contribution in [0.1, 0.15) is 28.8 Å². The van der Waals surface area contributed by atoms with E-state index in [0.717, 1.165) is 31.5 Å². The van der Waals surface area contributed by atoms with E-state index in [0.29, 0.717) is 12.1 Å². The van der Waals surface area contributed by atoms with Gasteiger partial charge in [0.15, 0.2) is 0 Å². The zero-order chi connectivity index (χ0) is 13.2. The molecule has 0 atom stereocenters. The highest BCUT2D eigenvalue weighted by Gasteiger charge is 2.02. The molecule has 18 heavy (non-hydrogen) atoms. The Hall–Kier alpha value is -1.79. The van der Waals surface area contributed by atoms with Crippen molar-refractivity contribution in [2.24, 2.45) is 0 Å². The van der Waals surface area contributed by atoms with E-state index in [1.165, 1.54) is 0 Å². The summed E-state index contributed by atoms with van der Waals surface area (Å²) >= 11 is 0. The number of benzene rings is 1. The van der Waals surface area contributed by atoms with E-state index in [-0.39, 0.29) is 5.91 Å². The fourth-order valence-corrected chi connectivity index (χ4v) is 1.51. The maximum absolute atomic E-state index is 11.7. The van der Waals surface area contributed by atoms with Crippen molar-refractivity contribution in [1.29, 1.82) is 0 Å². The number of rotatable bonds is 7. The average Bonchev–Trinajstić information content (AvgIpc) is 2.38. The second-order valence-electron chi connectivity index (χ2n) is 4.18. The predicted octanol–water partition coefficient (Wildman–Crippen LogP) is 1.73. The minimum absolute atomic E-state index is 0.0274. The molecule has 0 aliphatic carbocycles. The van der Waals surface area contributed by atoms with Gasteiger partial charge in [-0.1, -0.05) is 17.7 Å². The van der Waals surface area contributed by atoms with Crippen LogP contribution in [0.3, 0.4) is 0 Å². The zero-order valence-electron chi connectivity index (χ0n) is 10.8.